The number of nitrogen functional groups attached to an aromatic ring is 1. The van der Waals surface area contributed by atoms with Crippen molar-refractivity contribution in [3.05, 3.63) is 6.33 Å². The highest BCUT2D eigenvalue weighted by molar-refractivity contribution is 5.09. The van der Waals surface area contributed by atoms with Crippen LogP contribution >= 0.6 is 0 Å². The molecule has 1 aromatic rings. The summed E-state index contributed by atoms with van der Waals surface area (Å²) in [5.41, 5.74) is 5.48. The van der Waals surface area contributed by atoms with Crippen LogP contribution in [0.15, 0.2) is 6.33 Å². The number of piperazine rings is 1. The minimum Gasteiger partial charge on any atom is -0.367 e. The van der Waals surface area contributed by atoms with Crippen LogP contribution in [0.1, 0.15) is 13.0 Å². The van der Waals surface area contributed by atoms with E-state index in [2.05, 4.69) is 27.2 Å². The third-order valence-corrected chi connectivity index (χ3v) is 2.71. The molecule has 0 saturated carbocycles. The van der Waals surface area contributed by atoms with Gasteiger partial charge in [-0.1, -0.05) is 0 Å². The van der Waals surface area contributed by atoms with Crippen molar-refractivity contribution in [2.75, 3.05) is 38.5 Å². The second-order valence-electron chi connectivity index (χ2n) is 3.98. The molecule has 0 amide bonds. The Morgan fingerprint density at radius 3 is 2.87 bits per heavy atom. The van der Waals surface area contributed by atoms with E-state index >= 15 is 0 Å². The second kappa shape index (κ2) is 4.59. The molecule has 1 unspecified atom stereocenters. The highest BCUT2D eigenvalue weighted by atomic mass is 15.4. The minimum atomic E-state index is 0.327. The molecule has 1 aliphatic rings. The Labute approximate surface area is 89.5 Å². The molecule has 0 aliphatic carbocycles. The van der Waals surface area contributed by atoms with Gasteiger partial charge in [0.05, 0.1) is 6.04 Å². The Morgan fingerprint density at radius 1 is 1.53 bits per heavy atom. The van der Waals surface area contributed by atoms with Crippen molar-refractivity contribution < 1.29 is 0 Å². The zero-order valence-electron chi connectivity index (χ0n) is 9.06. The fourth-order valence-electron chi connectivity index (χ4n) is 1.85. The lowest BCUT2D eigenvalue weighted by Crippen LogP contribution is -2.45. The first-order valence-electron chi connectivity index (χ1n) is 5.35. The number of hydrogen-bond donors (Lipinski definition) is 2. The Bertz CT molecular complexity index is 303. The first kappa shape index (κ1) is 10.4. The third-order valence-electron chi connectivity index (χ3n) is 2.71. The van der Waals surface area contributed by atoms with Crippen molar-refractivity contribution in [3.8, 4) is 0 Å². The Morgan fingerprint density at radius 2 is 2.27 bits per heavy atom. The molecule has 3 N–H and O–H groups in total. The molecule has 0 bridgehead atoms. The fraction of sp³-hybridized carbons (Fsp3) is 0.778. The van der Waals surface area contributed by atoms with Gasteiger partial charge in [-0.15, -0.1) is 5.10 Å². The van der Waals surface area contributed by atoms with Crippen molar-refractivity contribution >= 4 is 5.95 Å². The van der Waals surface area contributed by atoms with E-state index in [1.54, 1.807) is 6.33 Å². The van der Waals surface area contributed by atoms with Crippen LogP contribution in [-0.2, 0) is 0 Å². The van der Waals surface area contributed by atoms with E-state index in [0.29, 0.717) is 12.0 Å². The summed E-state index contributed by atoms with van der Waals surface area (Å²) in [4.78, 5) is 6.36. The van der Waals surface area contributed by atoms with E-state index in [4.69, 9.17) is 5.73 Å². The van der Waals surface area contributed by atoms with E-state index in [-0.39, 0.29) is 0 Å². The lowest BCUT2D eigenvalue weighted by Gasteiger charge is -2.29. The van der Waals surface area contributed by atoms with Crippen LogP contribution in [0.25, 0.3) is 0 Å². The summed E-state index contributed by atoms with van der Waals surface area (Å²) in [5, 5.41) is 7.45. The zero-order valence-corrected chi connectivity index (χ0v) is 9.06. The number of nitrogens with two attached hydrogens (primary N) is 1. The molecule has 1 atom stereocenters. The van der Waals surface area contributed by atoms with E-state index in [0.717, 1.165) is 32.7 Å². The number of rotatable bonds is 3. The SMILES string of the molecule is CC(CN1CCNCC1)n1cnc(N)n1. The minimum absolute atomic E-state index is 0.327. The smallest absolute Gasteiger partial charge is 0.239 e. The summed E-state index contributed by atoms with van der Waals surface area (Å²) >= 11 is 0. The molecule has 84 valence electrons. The van der Waals surface area contributed by atoms with Gasteiger partial charge in [-0.3, -0.25) is 4.90 Å². The zero-order chi connectivity index (χ0) is 10.7. The number of aromatic nitrogens is 3. The van der Waals surface area contributed by atoms with Crippen LogP contribution in [0.2, 0.25) is 0 Å². The van der Waals surface area contributed by atoms with Gasteiger partial charge >= 0.3 is 0 Å². The van der Waals surface area contributed by atoms with Crippen molar-refractivity contribution in [1.82, 2.24) is 25.0 Å². The number of anilines is 1. The number of nitrogens with zero attached hydrogens (tertiary/aromatic N) is 4. The van der Waals surface area contributed by atoms with E-state index in [1.807, 2.05) is 4.68 Å². The average molecular weight is 210 g/mol. The Hall–Kier alpha value is -1.14. The third kappa shape index (κ3) is 2.66. The molecule has 0 spiro atoms. The van der Waals surface area contributed by atoms with Gasteiger partial charge in [0.25, 0.3) is 0 Å². The first-order valence-corrected chi connectivity index (χ1v) is 5.35. The van der Waals surface area contributed by atoms with Crippen LogP contribution in [0, 0.1) is 0 Å². The molecule has 6 nitrogen and oxygen atoms in total. The van der Waals surface area contributed by atoms with Gasteiger partial charge in [0, 0.05) is 32.7 Å². The average Bonchev–Trinajstić information content (AvgIpc) is 2.66. The van der Waals surface area contributed by atoms with E-state index < -0.39 is 0 Å². The fourth-order valence-corrected chi connectivity index (χ4v) is 1.85. The molecule has 2 heterocycles. The summed E-state index contributed by atoms with van der Waals surface area (Å²) in [6.45, 7) is 7.50. The van der Waals surface area contributed by atoms with Gasteiger partial charge in [0.2, 0.25) is 5.95 Å². The van der Waals surface area contributed by atoms with Gasteiger partial charge in [0.1, 0.15) is 6.33 Å². The van der Waals surface area contributed by atoms with Crippen molar-refractivity contribution in [2.24, 2.45) is 0 Å². The second-order valence-corrected chi connectivity index (χ2v) is 3.98. The lowest BCUT2D eigenvalue weighted by atomic mass is 10.3. The molecular weight excluding hydrogens is 192 g/mol. The topological polar surface area (TPSA) is 72.0 Å². The Kier molecular flexibility index (Phi) is 3.17. The van der Waals surface area contributed by atoms with Gasteiger partial charge < -0.3 is 11.1 Å². The summed E-state index contributed by atoms with van der Waals surface area (Å²) in [6.07, 6.45) is 1.70. The molecule has 1 aromatic heterocycles. The molecule has 15 heavy (non-hydrogen) atoms. The molecule has 2 rings (SSSR count). The summed E-state index contributed by atoms with van der Waals surface area (Å²) in [7, 11) is 0. The van der Waals surface area contributed by atoms with Crippen molar-refractivity contribution in [3.63, 3.8) is 0 Å². The summed E-state index contributed by atoms with van der Waals surface area (Å²) in [5.74, 6) is 0.349. The summed E-state index contributed by atoms with van der Waals surface area (Å²) < 4.78 is 1.83. The number of hydrogen-bond acceptors (Lipinski definition) is 5. The van der Waals surface area contributed by atoms with Crippen LogP contribution in [0.5, 0.6) is 0 Å². The van der Waals surface area contributed by atoms with E-state index in [9.17, 15) is 0 Å². The molecule has 0 radical (unpaired) electrons. The first-order chi connectivity index (χ1) is 7.25. The van der Waals surface area contributed by atoms with Crippen LogP contribution in [0.3, 0.4) is 0 Å². The highest BCUT2D eigenvalue weighted by Gasteiger charge is 2.14. The maximum absolute atomic E-state index is 5.48. The monoisotopic (exact) mass is 210 g/mol. The lowest BCUT2D eigenvalue weighted by molar-refractivity contribution is 0.207. The standard InChI is InChI=1S/C9H18N6/c1-8(15-7-12-9(10)13-15)6-14-4-2-11-3-5-14/h7-8,11H,2-6H2,1H3,(H2,10,13). The molecular formula is C9H18N6. The predicted molar refractivity (Wildman–Crippen MR) is 58.5 cm³/mol. The van der Waals surface area contributed by atoms with Crippen molar-refractivity contribution in [2.45, 2.75) is 13.0 Å². The quantitative estimate of drug-likeness (QED) is 0.692. The maximum atomic E-state index is 5.48. The summed E-state index contributed by atoms with van der Waals surface area (Å²) in [6, 6.07) is 0.327. The molecule has 0 aromatic carbocycles. The van der Waals surface area contributed by atoms with Crippen LogP contribution in [-0.4, -0.2) is 52.4 Å². The highest BCUT2D eigenvalue weighted by Crippen LogP contribution is 2.07. The molecule has 1 fully saturated rings. The van der Waals surface area contributed by atoms with Crippen LogP contribution in [0.4, 0.5) is 5.95 Å². The Balaban J connectivity index is 1.88. The molecule has 6 heteroatoms. The molecule has 1 aliphatic heterocycles. The van der Waals surface area contributed by atoms with E-state index in [1.165, 1.54) is 0 Å². The van der Waals surface area contributed by atoms with Gasteiger partial charge in [-0.2, -0.15) is 0 Å². The van der Waals surface area contributed by atoms with Crippen molar-refractivity contribution in [1.29, 1.82) is 0 Å². The largest absolute Gasteiger partial charge is 0.367 e. The van der Waals surface area contributed by atoms with Gasteiger partial charge in [-0.05, 0) is 6.92 Å². The normalized spacial score (nSPS) is 20.3. The predicted octanol–water partition coefficient (Wildman–Crippen LogP) is -0.673. The number of nitrogens with one attached hydrogen (secondary N) is 1. The maximum Gasteiger partial charge on any atom is 0.239 e. The van der Waals surface area contributed by atoms with Gasteiger partial charge in [-0.25, -0.2) is 9.67 Å². The van der Waals surface area contributed by atoms with Gasteiger partial charge in [0.15, 0.2) is 0 Å². The molecule has 1 saturated heterocycles. The van der Waals surface area contributed by atoms with Crippen LogP contribution < -0.4 is 11.1 Å².